The molecule has 3 aromatic rings. The van der Waals surface area contributed by atoms with Crippen LogP contribution in [0, 0.1) is 5.92 Å². The second-order valence-corrected chi connectivity index (χ2v) is 15.7. The molecule has 0 radical (unpaired) electrons. The summed E-state index contributed by atoms with van der Waals surface area (Å²) in [5.41, 5.74) is 0.366. The summed E-state index contributed by atoms with van der Waals surface area (Å²) in [5.74, 6) is 0.466. The molecular formula is C30H39N3O7S2. The van der Waals surface area contributed by atoms with Crippen LogP contribution >= 0.6 is 0 Å². The zero-order valence-corrected chi connectivity index (χ0v) is 25.6. The van der Waals surface area contributed by atoms with Gasteiger partial charge in [0.05, 0.1) is 33.3 Å². The number of fused-ring (bicyclic) bond motifs is 1. The molecule has 42 heavy (non-hydrogen) atoms. The molecule has 2 aliphatic heterocycles. The lowest BCUT2D eigenvalue weighted by atomic mass is 9.88. The van der Waals surface area contributed by atoms with Crippen LogP contribution in [0.4, 0.5) is 0 Å². The number of ether oxygens (including phenoxy) is 2. The van der Waals surface area contributed by atoms with Crippen molar-refractivity contribution in [2.75, 3.05) is 38.6 Å². The van der Waals surface area contributed by atoms with Crippen molar-refractivity contribution in [3.05, 3.63) is 60.8 Å². The van der Waals surface area contributed by atoms with Gasteiger partial charge in [0.25, 0.3) is 0 Å². The number of benzene rings is 2. The van der Waals surface area contributed by atoms with Crippen LogP contribution in [-0.2, 0) is 24.6 Å². The Balaban J connectivity index is 1.08. The third-order valence-corrected chi connectivity index (χ3v) is 11.8. The predicted octanol–water partition coefficient (Wildman–Crippen LogP) is 3.01. The standard InChI is InChI=1S/C30H39N3O7S2/c1-22(2)21-41(35,36)27-7-3-6-26(16-27)39-20-25(34)18-32-24-17-30(40-19-24)10-13-33(14-11-30)42(37,38)28-8-9-29-23(15-28)5-4-12-31-29/h3-9,12,15-16,22,24-25,32,34H,10-11,13-14,17-21H2,1-2H3/t24-,25+/m1/s1. The Bertz CT molecular complexity index is 1600. The normalized spacial score (nSPS) is 20.3. The minimum absolute atomic E-state index is 0.0110. The number of sulfonamides is 1. The van der Waals surface area contributed by atoms with E-state index in [9.17, 15) is 21.9 Å². The molecule has 0 amide bonds. The van der Waals surface area contributed by atoms with E-state index in [0.717, 1.165) is 17.3 Å². The van der Waals surface area contributed by atoms with Gasteiger partial charge in [-0.1, -0.05) is 26.0 Å². The third kappa shape index (κ3) is 7.12. The van der Waals surface area contributed by atoms with Gasteiger partial charge >= 0.3 is 0 Å². The molecule has 0 bridgehead atoms. The summed E-state index contributed by atoms with van der Waals surface area (Å²) in [6.07, 6.45) is 2.81. The van der Waals surface area contributed by atoms with Crippen LogP contribution in [0.3, 0.4) is 0 Å². The van der Waals surface area contributed by atoms with E-state index in [1.807, 2.05) is 19.9 Å². The third-order valence-electron chi connectivity index (χ3n) is 7.86. The first-order valence-corrected chi connectivity index (χ1v) is 17.4. The Labute approximate surface area is 248 Å². The molecule has 2 fully saturated rings. The molecular weight excluding hydrogens is 578 g/mol. The Morgan fingerprint density at radius 2 is 1.86 bits per heavy atom. The van der Waals surface area contributed by atoms with Gasteiger partial charge in [0, 0.05) is 37.3 Å². The molecule has 2 aliphatic rings. The van der Waals surface area contributed by atoms with Crippen molar-refractivity contribution in [2.45, 2.75) is 60.6 Å². The van der Waals surface area contributed by atoms with Gasteiger partial charge in [-0.25, -0.2) is 16.8 Å². The number of pyridine rings is 1. The molecule has 12 heteroatoms. The first kappa shape index (κ1) is 30.8. The van der Waals surface area contributed by atoms with E-state index in [2.05, 4.69) is 10.3 Å². The van der Waals surface area contributed by atoms with Gasteiger partial charge in [0.2, 0.25) is 10.0 Å². The fourth-order valence-corrected chi connectivity index (χ4v) is 8.80. The number of aromatic nitrogens is 1. The molecule has 0 unspecified atom stereocenters. The number of nitrogens with zero attached hydrogens (tertiary/aromatic N) is 2. The highest BCUT2D eigenvalue weighted by Crippen LogP contribution is 2.37. The Morgan fingerprint density at radius 3 is 2.62 bits per heavy atom. The molecule has 228 valence electrons. The Kier molecular flexibility index (Phi) is 9.22. The largest absolute Gasteiger partial charge is 0.491 e. The van der Waals surface area contributed by atoms with Crippen molar-refractivity contribution in [2.24, 2.45) is 5.92 Å². The number of aliphatic hydroxyl groups is 1. The summed E-state index contributed by atoms with van der Waals surface area (Å²) < 4.78 is 65.1. The maximum Gasteiger partial charge on any atom is 0.243 e. The molecule has 2 aromatic carbocycles. The summed E-state index contributed by atoms with van der Waals surface area (Å²) >= 11 is 0. The molecule has 3 heterocycles. The van der Waals surface area contributed by atoms with Gasteiger partial charge in [0.15, 0.2) is 9.84 Å². The van der Waals surface area contributed by atoms with Gasteiger partial charge in [-0.05, 0) is 67.6 Å². The molecule has 1 spiro atoms. The van der Waals surface area contributed by atoms with E-state index in [4.69, 9.17) is 9.47 Å². The predicted molar refractivity (Wildman–Crippen MR) is 160 cm³/mol. The SMILES string of the molecule is CC(C)CS(=O)(=O)c1cccc(OC[C@@H](O)CN[C@H]2COC3(CCN(S(=O)(=O)c4ccc5ncccc5c4)CC3)C2)c1. The van der Waals surface area contributed by atoms with Gasteiger partial charge in [0.1, 0.15) is 18.5 Å². The number of sulfone groups is 1. The zero-order chi connectivity index (χ0) is 30.0. The number of rotatable bonds is 11. The summed E-state index contributed by atoms with van der Waals surface area (Å²) in [6, 6.07) is 15.1. The van der Waals surface area contributed by atoms with Crippen molar-refractivity contribution in [1.29, 1.82) is 0 Å². The lowest BCUT2D eigenvalue weighted by Gasteiger charge is -2.38. The molecule has 1 aromatic heterocycles. The highest BCUT2D eigenvalue weighted by molar-refractivity contribution is 7.91. The highest BCUT2D eigenvalue weighted by Gasteiger charge is 2.44. The van der Waals surface area contributed by atoms with E-state index in [1.54, 1.807) is 48.7 Å². The minimum Gasteiger partial charge on any atom is -0.491 e. The number of piperidine rings is 1. The summed E-state index contributed by atoms with van der Waals surface area (Å²) in [6.45, 7) is 5.25. The average Bonchev–Trinajstić information content (AvgIpc) is 3.36. The summed E-state index contributed by atoms with van der Waals surface area (Å²) in [5, 5.41) is 14.6. The molecule has 10 nitrogen and oxygen atoms in total. The number of aliphatic hydroxyl groups excluding tert-OH is 1. The van der Waals surface area contributed by atoms with E-state index in [1.165, 1.54) is 10.4 Å². The van der Waals surface area contributed by atoms with Crippen molar-refractivity contribution in [1.82, 2.24) is 14.6 Å². The lowest BCUT2D eigenvalue weighted by Crippen LogP contribution is -2.47. The number of hydrogen-bond donors (Lipinski definition) is 2. The van der Waals surface area contributed by atoms with Crippen LogP contribution in [0.1, 0.15) is 33.1 Å². The van der Waals surface area contributed by atoms with Crippen LogP contribution in [0.2, 0.25) is 0 Å². The van der Waals surface area contributed by atoms with Crippen molar-refractivity contribution in [3.63, 3.8) is 0 Å². The maximum atomic E-state index is 13.3. The van der Waals surface area contributed by atoms with Crippen molar-refractivity contribution >= 4 is 30.8 Å². The second-order valence-electron chi connectivity index (χ2n) is 11.7. The first-order chi connectivity index (χ1) is 20.0. The van der Waals surface area contributed by atoms with Crippen LogP contribution in [0.25, 0.3) is 10.9 Å². The van der Waals surface area contributed by atoms with Gasteiger partial charge in [-0.2, -0.15) is 4.31 Å². The lowest BCUT2D eigenvalue weighted by molar-refractivity contribution is -0.0312. The monoisotopic (exact) mass is 617 g/mol. The molecule has 2 saturated heterocycles. The molecule has 5 rings (SSSR count). The van der Waals surface area contributed by atoms with E-state index >= 15 is 0 Å². The number of nitrogens with one attached hydrogen (secondary N) is 1. The maximum absolute atomic E-state index is 13.3. The van der Waals surface area contributed by atoms with Crippen LogP contribution in [-0.4, -0.2) is 87.6 Å². The van der Waals surface area contributed by atoms with E-state index in [-0.39, 0.29) is 46.3 Å². The molecule has 0 saturated carbocycles. The quantitative estimate of drug-likeness (QED) is 0.333. The van der Waals surface area contributed by atoms with E-state index in [0.29, 0.717) is 38.3 Å². The smallest absolute Gasteiger partial charge is 0.243 e. The van der Waals surface area contributed by atoms with Gasteiger partial charge in [-0.3, -0.25) is 4.98 Å². The van der Waals surface area contributed by atoms with Crippen LogP contribution < -0.4 is 10.1 Å². The van der Waals surface area contributed by atoms with E-state index < -0.39 is 26.0 Å². The Morgan fingerprint density at radius 1 is 1.07 bits per heavy atom. The van der Waals surface area contributed by atoms with Gasteiger partial charge < -0.3 is 19.9 Å². The fraction of sp³-hybridized carbons (Fsp3) is 0.500. The zero-order valence-electron chi connectivity index (χ0n) is 24.0. The highest BCUT2D eigenvalue weighted by atomic mass is 32.2. The molecule has 0 aliphatic carbocycles. The molecule has 2 atom stereocenters. The van der Waals surface area contributed by atoms with Gasteiger partial charge in [-0.15, -0.1) is 0 Å². The molecule has 2 N–H and O–H groups in total. The fourth-order valence-electron chi connectivity index (χ4n) is 5.67. The van der Waals surface area contributed by atoms with Crippen molar-refractivity contribution < 1.29 is 31.4 Å². The van der Waals surface area contributed by atoms with Crippen LogP contribution in [0.15, 0.2) is 70.6 Å². The summed E-state index contributed by atoms with van der Waals surface area (Å²) in [4.78, 5) is 4.75. The topological polar surface area (TPSA) is 135 Å². The first-order valence-electron chi connectivity index (χ1n) is 14.3. The summed E-state index contributed by atoms with van der Waals surface area (Å²) in [7, 11) is -7.02. The Hall–Kier alpha value is -2.61. The number of hydrogen-bond acceptors (Lipinski definition) is 9. The second kappa shape index (κ2) is 12.6. The van der Waals surface area contributed by atoms with Crippen LogP contribution in [0.5, 0.6) is 5.75 Å². The average molecular weight is 618 g/mol. The minimum atomic E-state index is -3.63. The van der Waals surface area contributed by atoms with Crippen molar-refractivity contribution in [3.8, 4) is 5.75 Å².